The van der Waals surface area contributed by atoms with E-state index < -0.39 is 0 Å². The van der Waals surface area contributed by atoms with Gasteiger partial charge in [0.05, 0.1) is 31.5 Å². The molecule has 182 valence electrons. The third kappa shape index (κ3) is 4.43. The van der Waals surface area contributed by atoms with Gasteiger partial charge in [-0.3, -0.25) is 4.90 Å². The van der Waals surface area contributed by atoms with Gasteiger partial charge < -0.3 is 19.3 Å². The summed E-state index contributed by atoms with van der Waals surface area (Å²) in [4.78, 5) is 6.72. The summed E-state index contributed by atoms with van der Waals surface area (Å²) in [7, 11) is 3.24. The second kappa shape index (κ2) is 9.83. The molecule has 3 aromatic carbocycles. The molecule has 0 aliphatic carbocycles. The summed E-state index contributed by atoms with van der Waals surface area (Å²) in [6, 6.07) is 23.5. The molecule has 0 spiro atoms. The summed E-state index contributed by atoms with van der Waals surface area (Å²) in [5, 5.41) is 8.31. The first-order valence-corrected chi connectivity index (χ1v) is 11.9. The Bertz CT molecular complexity index is 1410. The van der Waals surface area contributed by atoms with Gasteiger partial charge in [-0.15, -0.1) is 0 Å². The van der Waals surface area contributed by atoms with Crippen molar-refractivity contribution < 1.29 is 14.0 Å². The van der Waals surface area contributed by atoms with Crippen molar-refractivity contribution in [3.8, 4) is 22.9 Å². The molecule has 1 aromatic heterocycles. The molecule has 1 atom stereocenters. The maximum Gasteiger partial charge on any atom is 0.258 e. The number of nitrogens with one attached hydrogen (secondary N) is 1. The Morgan fingerprint density at radius 2 is 1.58 bits per heavy atom. The van der Waals surface area contributed by atoms with E-state index in [-0.39, 0.29) is 6.04 Å². The highest BCUT2D eigenvalue weighted by Gasteiger charge is 2.35. The molecule has 1 aliphatic rings. The van der Waals surface area contributed by atoms with Crippen LogP contribution in [0.4, 0.5) is 5.69 Å². The molecule has 1 N–H and O–H groups in total. The minimum Gasteiger partial charge on any atom is -0.497 e. The van der Waals surface area contributed by atoms with Gasteiger partial charge in [0.2, 0.25) is 5.82 Å². The number of methoxy groups -OCH3 is 2. The van der Waals surface area contributed by atoms with E-state index in [1.54, 1.807) is 14.2 Å². The SMILES string of the molecule is COc1cc(OC)cc(N2C(=S)NC(c3ccccc3)C(c3nc(-c4ccc(C)cc4)no3)=C2C)c1. The number of aryl methyl sites for hydroxylation is 1. The number of hydrogen-bond acceptors (Lipinski definition) is 6. The number of aromatic nitrogens is 2. The van der Waals surface area contributed by atoms with Crippen LogP contribution in [0.5, 0.6) is 11.5 Å². The molecule has 0 saturated heterocycles. The first-order valence-electron chi connectivity index (χ1n) is 11.5. The van der Waals surface area contributed by atoms with E-state index in [2.05, 4.69) is 22.6 Å². The number of rotatable bonds is 6. The van der Waals surface area contributed by atoms with E-state index in [4.69, 9.17) is 31.2 Å². The van der Waals surface area contributed by atoms with Crippen LogP contribution in [-0.2, 0) is 0 Å². The summed E-state index contributed by atoms with van der Waals surface area (Å²) in [5.41, 5.74) is 5.58. The lowest BCUT2D eigenvalue weighted by atomic mass is 9.94. The molecular formula is C28H26N4O3S. The highest BCUT2D eigenvalue weighted by atomic mass is 32.1. The van der Waals surface area contributed by atoms with Crippen LogP contribution in [0.25, 0.3) is 17.0 Å². The van der Waals surface area contributed by atoms with Crippen molar-refractivity contribution in [3.63, 3.8) is 0 Å². The van der Waals surface area contributed by atoms with Gasteiger partial charge in [-0.25, -0.2) is 0 Å². The van der Waals surface area contributed by atoms with Crippen molar-refractivity contribution in [2.24, 2.45) is 0 Å². The Balaban J connectivity index is 1.66. The third-order valence-electron chi connectivity index (χ3n) is 6.18. The normalized spacial score (nSPS) is 15.6. The van der Waals surface area contributed by atoms with Crippen LogP contribution >= 0.6 is 12.2 Å². The lowest BCUT2D eigenvalue weighted by Crippen LogP contribution is -2.46. The molecule has 7 nitrogen and oxygen atoms in total. The average Bonchev–Trinajstić information content (AvgIpc) is 3.38. The Morgan fingerprint density at radius 3 is 2.22 bits per heavy atom. The van der Waals surface area contributed by atoms with Crippen LogP contribution in [-0.4, -0.2) is 29.5 Å². The summed E-state index contributed by atoms with van der Waals surface area (Å²) < 4.78 is 16.8. The molecule has 0 fully saturated rings. The van der Waals surface area contributed by atoms with Gasteiger partial charge in [0.15, 0.2) is 5.11 Å². The van der Waals surface area contributed by atoms with Gasteiger partial charge in [-0.2, -0.15) is 4.98 Å². The van der Waals surface area contributed by atoms with E-state index in [1.807, 2.05) is 79.4 Å². The van der Waals surface area contributed by atoms with Gasteiger partial charge in [-0.1, -0.05) is 65.3 Å². The van der Waals surface area contributed by atoms with Crippen LogP contribution in [0.3, 0.4) is 0 Å². The smallest absolute Gasteiger partial charge is 0.258 e. The van der Waals surface area contributed by atoms with Crippen LogP contribution in [0.2, 0.25) is 0 Å². The van der Waals surface area contributed by atoms with E-state index >= 15 is 0 Å². The number of hydrogen-bond donors (Lipinski definition) is 1. The Kier molecular flexibility index (Phi) is 6.43. The zero-order valence-corrected chi connectivity index (χ0v) is 21.3. The maximum absolute atomic E-state index is 5.85. The monoisotopic (exact) mass is 498 g/mol. The molecule has 36 heavy (non-hydrogen) atoms. The molecule has 0 radical (unpaired) electrons. The molecule has 1 aliphatic heterocycles. The fraction of sp³-hybridized carbons (Fsp3) is 0.179. The molecule has 4 aromatic rings. The minimum atomic E-state index is -0.270. The molecule has 0 bridgehead atoms. The predicted octanol–water partition coefficient (Wildman–Crippen LogP) is 5.93. The molecule has 0 amide bonds. The minimum absolute atomic E-state index is 0.270. The first-order chi connectivity index (χ1) is 17.5. The largest absolute Gasteiger partial charge is 0.497 e. The fourth-order valence-corrected chi connectivity index (χ4v) is 4.66. The first kappa shape index (κ1) is 23.6. The summed E-state index contributed by atoms with van der Waals surface area (Å²) >= 11 is 5.85. The Hall–Kier alpha value is -4.17. The zero-order valence-electron chi connectivity index (χ0n) is 20.5. The van der Waals surface area contributed by atoms with E-state index in [1.165, 1.54) is 5.56 Å². The number of ether oxygens (including phenoxy) is 2. The molecule has 8 heteroatoms. The van der Waals surface area contributed by atoms with Gasteiger partial charge in [0, 0.05) is 29.5 Å². The van der Waals surface area contributed by atoms with Crippen molar-refractivity contribution in [3.05, 3.63) is 95.5 Å². The Morgan fingerprint density at radius 1 is 0.917 bits per heavy atom. The number of anilines is 1. The van der Waals surface area contributed by atoms with E-state index in [0.29, 0.717) is 28.3 Å². The van der Waals surface area contributed by atoms with E-state index in [9.17, 15) is 0 Å². The highest BCUT2D eigenvalue weighted by Crippen LogP contribution is 2.40. The fourth-order valence-electron chi connectivity index (χ4n) is 4.30. The molecule has 5 rings (SSSR count). The molecule has 2 heterocycles. The quantitative estimate of drug-likeness (QED) is 0.328. The topological polar surface area (TPSA) is 72.7 Å². The molecular weight excluding hydrogens is 472 g/mol. The molecule has 0 saturated carbocycles. The summed E-state index contributed by atoms with van der Waals surface area (Å²) in [5.74, 6) is 2.27. The lowest BCUT2D eigenvalue weighted by Gasteiger charge is -2.37. The standard InChI is InChI=1S/C28H26N4O3S/c1-17-10-12-20(13-11-17)26-30-27(35-31-26)24-18(2)32(21-14-22(33-3)16-23(15-21)34-4)28(36)29-25(24)19-8-6-5-7-9-19/h5-16,25H,1-4H3,(H,29,36). The zero-order chi connectivity index (χ0) is 25.2. The van der Waals surface area contributed by atoms with Crippen molar-refractivity contribution >= 4 is 28.6 Å². The number of allylic oxidation sites excluding steroid dienone is 1. The highest BCUT2D eigenvalue weighted by molar-refractivity contribution is 7.80. The van der Waals surface area contributed by atoms with Crippen LogP contribution in [0, 0.1) is 6.92 Å². The second-order valence-electron chi connectivity index (χ2n) is 8.49. The number of thiocarbonyl (C=S) groups is 1. The average molecular weight is 499 g/mol. The van der Waals surface area contributed by atoms with Gasteiger partial charge in [-0.05, 0) is 31.6 Å². The van der Waals surface area contributed by atoms with Gasteiger partial charge >= 0.3 is 0 Å². The number of nitrogens with zero attached hydrogens (tertiary/aromatic N) is 3. The summed E-state index contributed by atoms with van der Waals surface area (Å²) in [6.07, 6.45) is 0. The summed E-state index contributed by atoms with van der Waals surface area (Å²) in [6.45, 7) is 4.04. The van der Waals surface area contributed by atoms with Gasteiger partial charge in [0.1, 0.15) is 11.5 Å². The second-order valence-corrected chi connectivity index (χ2v) is 8.87. The van der Waals surface area contributed by atoms with Crippen LogP contribution < -0.4 is 19.7 Å². The number of benzene rings is 3. The van der Waals surface area contributed by atoms with Crippen molar-refractivity contribution in [1.29, 1.82) is 0 Å². The van der Waals surface area contributed by atoms with Crippen molar-refractivity contribution in [2.75, 3.05) is 19.1 Å². The third-order valence-corrected chi connectivity index (χ3v) is 6.48. The maximum atomic E-state index is 5.85. The van der Waals surface area contributed by atoms with Crippen LogP contribution in [0.1, 0.15) is 30.0 Å². The Labute approximate surface area is 215 Å². The van der Waals surface area contributed by atoms with Crippen LogP contribution in [0.15, 0.2) is 83.0 Å². The van der Waals surface area contributed by atoms with E-state index in [0.717, 1.165) is 28.1 Å². The van der Waals surface area contributed by atoms with Gasteiger partial charge in [0.25, 0.3) is 5.89 Å². The predicted molar refractivity (Wildman–Crippen MR) is 144 cm³/mol. The lowest BCUT2D eigenvalue weighted by molar-refractivity contribution is 0.394. The molecule has 1 unspecified atom stereocenters. The van der Waals surface area contributed by atoms with Crippen molar-refractivity contribution in [2.45, 2.75) is 19.9 Å². The van der Waals surface area contributed by atoms with Crippen molar-refractivity contribution in [1.82, 2.24) is 15.5 Å².